The summed E-state index contributed by atoms with van der Waals surface area (Å²) in [6.07, 6.45) is 0. The molecule has 12 heteroatoms. The minimum Gasteiger partial charge on any atom is -0.475 e. The quantitative estimate of drug-likeness (QED) is 0.436. The zero-order valence-corrected chi connectivity index (χ0v) is 16.5. The molecule has 2 heterocycles. The molecule has 2 aromatic heterocycles. The number of nitrogens with one attached hydrogen (secondary N) is 1. The number of aromatic nitrogens is 4. The van der Waals surface area contributed by atoms with Gasteiger partial charge < -0.3 is 4.74 Å². The van der Waals surface area contributed by atoms with Crippen LogP contribution in [0.3, 0.4) is 0 Å². The normalized spacial score (nSPS) is 11.7. The van der Waals surface area contributed by atoms with Gasteiger partial charge in [0.05, 0.1) is 0 Å². The SMILES string of the molecule is O=S(=O)(NCCOc1ccc2nnc(-c3cccc(F)c3)n2n1)c1cc(F)ccc1F. The fourth-order valence-electron chi connectivity index (χ4n) is 2.75. The predicted molar refractivity (Wildman–Crippen MR) is 103 cm³/mol. The molecule has 0 saturated carbocycles. The topological polar surface area (TPSA) is 98.5 Å². The Morgan fingerprint density at radius 1 is 0.968 bits per heavy atom. The molecule has 4 rings (SSSR count). The maximum Gasteiger partial charge on any atom is 0.243 e. The summed E-state index contributed by atoms with van der Waals surface area (Å²) in [6, 6.07) is 11.0. The van der Waals surface area contributed by atoms with Crippen LogP contribution in [0, 0.1) is 17.5 Å². The van der Waals surface area contributed by atoms with Crippen LogP contribution in [0.1, 0.15) is 0 Å². The van der Waals surface area contributed by atoms with Crippen molar-refractivity contribution in [2.75, 3.05) is 13.2 Å². The average molecular weight is 449 g/mol. The molecule has 8 nitrogen and oxygen atoms in total. The van der Waals surface area contributed by atoms with Crippen molar-refractivity contribution < 1.29 is 26.3 Å². The van der Waals surface area contributed by atoms with Crippen molar-refractivity contribution in [2.24, 2.45) is 0 Å². The molecule has 0 fully saturated rings. The highest BCUT2D eigenvalue weighted by Crippen LogP contribution is 2.20. The second-order valence-electron chi connectivity index (χ2n) is 6.30. The maximum absolute atomic E-state index is 13.7. The molecule has 31 heavy (non-hydrogen) atoms. The molecule has 0 aliphatic rings. The molecule has 160 valence electrons. The first-order valence-corrected chi connectivity index (χ1v) is 10.4. The molecule has 4 aromatic rings. The summed E-state index contributed by atoms with van der Waals surface area (Å²) in [4.78, 5) is -0.795. The monoisotopic (exact) mass is 449 g/mol. The molecule has 0 radical (unpaired) electrons. The molecule has 0 unspecified atom stereocenters. The molecule has 1 N–H and O–H groups in total. The third-order valence-corrected chi connectivity index (χ3v) is 5.62. The summed E-state index contributed by atoms with van der Waals surface area (Å²) in [6.45, 7) is -0.372. The van der Waals surface area contributed by atoms with Gasteiger partial charge in [-0.05, 0) is 36.4 Å². The zero-order chi connectivity index (χ0) is 22.0. The number of benzene rings is 2. The van der Waals surface area contributed by atoms with E-state index in [9.17, 15) is 21.6 Å². The van der Waals surface area contributed by atoms with Crippen molar-refractivity contribution in [3.8, 4) is 17.3 Å². The zero-order valence-electron chi connectivity index (χ0n) is 15.7. The van der Waals surface area contributed by atoms with E-state index in [1.807, 2.05) is 0 Å². The molecule has 2 aromatic carbocycles. The van der Waals surface area contributed by atoms with Gasteiger partial charge in [-0.1, -0.05) is 12.1 Å². The van der Waals surface area contributed by atoms with E-state index in [4.69, 9.17) is 4.74 Å². The van der Waals surface area contributed by atoms with Crippen LogP contribution in [-0.2, 0) is 10.0 Å². The van der Waals surface area contributed by atoms with E-state index >= 15 is 0 Å². The Kier molecular flexibility index (Phi) is 5.57. The summed E-state index contributed by atoms with van der Waals surface area (Å²) in [5, 5.41) is 12.2. The number of hydrogen-bond acceptors (Lipinski definition) is 6. The highest BCUT2D eigenvalue weighted by molar-refractivity contribution is 7.89. The van der Waals surface area contributed by atoms with Gasteiger partial charge in [0.25, 0.3) is 0 Å². The third kappa shape index (κ3) is 4.49. The van der Waals surface area contributed by atoms with E-state index in [-0.39, 0.29) is 19.0 Å². The number of ether oxygens (including phenoxy) is 1. The Bertz CT molecular complexity index is 1360. The molecule has 0 amide bonds. The predicted octanol–water partition coefficient (Wildman–Crippen LogP) is 2.57. The van der Waals surface area contributed by atoms with E-state index in [2.05, 4.69) is 20.0 Å². The van der Waals surface area contributed by atoms with E-state index in [1.54, 1.807) is 12.1 Å². The Morgan fingerprint density at radius 2 is 1.77 bits per heavy atom. The van der Waals surface area contributed by atoms with Gasteiger partial charge in [0.1, 0.15) is 29.0 Å². The summed E-state index contributed by atoms with van der Waals surface area (Å²) in [7, 11) is -4.27. The lowest BCUT2D eigenvalue weighted by atomic mass is 10.2. The largest absolute Gasteiger partial charge is 0.475 e. The number of rotatable bonds is 7. The lowest BCUT2D eigenvalue weighted by Crippen LogP contribution is -2.29. The molecule has 0 spiro atoms. The molecular formula is C19H14F3N5O3S. The fourth-order valence-corrected chi connectivity index (χ4v) is 3.85. The van der Waals surface area contributed by atoms with Gasteiger partial charge >= 0.3 is 0 Å². The van der Waals surface area contributed by atoms with Crippen LogP contribution in [0.25, 0.3) is 17.0 Å². The van der Waals surface area contributed by atoms with E-state index in [0.29, 0.717) is 23.1 Å². The van der Waals surface area contributed by atoms with Gasteiger partial charge in [0.15, 0.2) is 11.5 Å². The van der Waals surface area contributed by atoms with Crippen LogP contribution < -0.4 is 9.46 Å². The van der Waals surface area contributed by atoms with Crippen LogP contribution in [0.2, 0.25) is 0 Å². The third-order valence-electron chi connectivity index (χ3n) is 4.15. The molecule has 0 aliphatic heterocycles. The number of halogens is 3. The van der Waals surface area contributed by atoms with Gasteiger partial charge in [-0.15, -0.1) is 15.3 Å². The molecule has 0 saturated heterocycles. The van der Waals surface area contributed by atoms with E-state index in [0.717, 1.165) is 12.1 Å². The van der Waals surface area contributed by atoms with E-state index < -0.39 is 32.4 Å². The first-order chi connectivity index (χ1) is 14.8. The van der Waals surface area contributed by atoms with Crippen molar-refractivity contribution in [1.29, 1.82) is 0 Å². The number of hydrogen-bond donors (Lipinski definition) is 1. The highest BCUT2D eigenvalue weighted by Gasteiger charge is 2.19. The second-order valence-corrected chi connectivity index (χ2v) is 8.03. The average Bonchev–Trinajstić information content (AvgIpc) is 3.16. The van der Waals surface area contributed by atoms with Crippen LogP contribution in [0.15, 0.2) is 59.5 Å². The Hall–Kier alpha value is -3.51. The highest BCUT2D eigenvalue weighted by atomic mass is 32.2. The number of sulfonamides is 1. The Morgan fingerprint density at radius 3 is 2.58 bits per heavy atom. The summed E-state index contributed by atoms with van der Waals surface area (Å²) >= 11 is 0. The van der Waals surface area contributed by atoms with Gasteiger partial charge in [-0.3, -0.25) is 0 Å². The number of nitrogens with zero attached hydrogens (tertiary/aromatic N) is 4. The summed E-state index contributed by atoms with van der Waals surface area (Å²) < 4.78 is 73.6. The van der Waals surface area contributed by atoms with E-state index in [1.165, 1.54) is 28.8 Å². The lowest BCUT2D eigenvalue weighted by molar-refractivity contribution is 0.306. The second kappa shape index (κ2) is 8.32. The van der Waals surface area contributed by atoms with Crippen molar-refractivity contribution in [3.05, 3.63) is 72.0 Å². The standard InChI is InChI=1S/C19H14F3N5O3S/c20-13-3-1-2-12(10-13)19-25-24-17-6-7-18(26-27(17)19)30-9-8-23-31(28,29)16-11-14(21)4-5-15(16)22/h1-7,10-11,23H,8-9H2. The van der Waals surface area contributed by atoms with Crippen LogP contribution in [0.4, 0.5) is 13.2 Å². The molecule has 0 aliphatic carbocycles. The molecular weight excluding hydrogens is 435 g/mol. The first kappa shape index (κ1) is 20.8. The first-order valence-electron chi connectivity index (χ1n) is 8.89. The van der Waals surface area contributed by atoms with Gasteiger partial charge in [-0.25, -0.2) is 26.3 Å². The summed E-state index contributed by atoms with van der Waals surface area (Å²) in [5.41, 5.74) is 0.857. The van der Waals surface area contributed by atoms with Crippen molar-refractivity contribution >= 4 is 15.7 Å². The van der Waals surface area contributed by atoms with Gasteiger partial charge in [0, 0.05) is 18.2 Å². The van der Waals surface area contributed by atoms with Crippen molar-refractivity contribution in [2.45, 2.75) is 4.90 Å². The maximum atomic E-state index is 13.7. The molecule has 0 atom stereocenters. The van der Waals surface area contributed by atoms with Crippen molar-refractivity contribution in [3.63, 3.8) is 0 Å². The number of fused-ring (bicyclic) bond motifs is 1. The Labute approximate surface area is 174 Å². The fraction of sp³-hybridized carbons (Fsp3) is 0.105. The smallest absolute Gasteiger partial charge is 0.243 e. The van der Waals surface area contributed by atoms with Gasteiger partial charge in [0.2, 0.25) is 15.9 Å². The lowest BCUT2D eigenvalue weighted by Gasteiger charge is -2.09. The van der Waals surface area contributed by atoms with Gasteiger partial charge in [-0.2, -0.15) is 4.52 Å². The summed E-state index contributed by atoms with van der Waals surface area (Å²) in [5.74, 6) is -1.97. The van der Waals surface area contributed by atoms with Crippen LogP contribution in [0.5, 0.6) is 5.88 Å². The van der Waals surface area contributed by atoms with Crippen LogP contribution >= 0.6 is 0 Å². The minimum atomic E-state index is -4.27. The van der Waals surface area contributed by atoms with Crippen LogP contribution in [-0.4, -0.2) is 41.4 Å². The van der Waals surface area contributed by atoms with Crippen molar-refractivity contribution in [1.82, 2.24) is 24.5 Å². The minimum absolute atomic E-state index is 0.126. The Balaban J connectivity index is 1.45. The molecule has 0 bridgehead atoms.